The Labute approximate surface area is 186 Å². The lowest BCUT2D eigenvalue weighted by Crippen LogP contribution is -2.45. The molecule has 0 aliphatic carbocycles. The van der Waals surface area contributed by atoms with Crippen LogP contribution in [0.2, 0.25) is 0 Å². The second kappa shape index (κ2) is 9.76. The Morgan fingerprint density at radius 3 is 2.75 bits per heavy atom. The Morgan fingerprint density at radius 2 is 1.97 bits per heavy atom. The number of benzene rings is 2. The average molecular weight is 434 g/mol. The van der Waals surface area contributed by atoms with Gasteiger partial charge in [0.05, 0.1) is 5.52 Å². The highest BCUT2D eigenvalue weighted by atomic mass is 16.5. The van der Waals surface area contributed by atoms with Crippen molar-refractivity contribution in [3.63, 3.8) is 0 Å². The monoisotopic (exact) mass is 434 g/mol. The van der Waals surface area contributed by atoms with E-state index in [0.29, 0.717) is 24.5 Å². The molecule has 3 aromatic rings. The van der Waals surface area contributed by atoms with Crippen LogP contribution in [-0.4, -0.2) is 40.6 Å². The number of hydrogen-bond donors (Lipinski definition) is 4. The van der Waals surface area contributed by atoms with Crippen LogP contribution in [0, 0.1) is 6.92 Å². The van der Waals surface area contributed by atoms with Crippen molar-refractivity contribution in [2.75, 3.05) is 6.54 Å². The van der Waals surface area contributed by atoms with Crippen LogP contribution in [0.3, 0.4) is 0 Å². The molecule has 0 spiro atoms. The lowest BCUT2D eigenvalue weighted by Gasteiger charge is -2.20. The van der Waals surface area contributed by atoms with Crippen LogP contribution >= 0.6 is 0 Å². The molecule has 1 saturated heterocycles. The zero-order chi connectivity index (χ0) is 22.5. The van der Waals surface area contributed by atoms with Crippen LogP contribution in [0.25, 0.3) is 10.9 Å². The van der Waals surface area contributed by atoms with Gasteiger partial charge >= 0.3 is 0 Å². The van der Waals surface area contributed by atoms with E-state index in [-0.39, 0.29) is 24.4 Å². The molecule has 1 fully saturated rings. The zero-order valence-electron chi connectivity index (χ0n) is 17.8. The Bertz CT molecular complexity index is 1120. The lowest BCUT2D eigenvalue weighted by atomic mass is 10.1. The number of aryl methyl sites for hydroxylation is 1. The van der Waals surface area contributed by atoms with E-state index in [1.54, 1.807) is 29.7 Å². The van der Waals surface area contributed by atoms with E-state index in [4.69, 9.17) is 9.94 Å². The third-order valence-corrected chi connectivity index (χ3v) is 5.63. The van der Waals surface area contributed by atoms with Gasteiger partial charge in [-0.1, -0.05) is 18.2 Å². The number of rotatable bonds is 7. The van der Waals surface area contributed by atoms with Gasteiger partial charge in [-0.05, 0) is 56.3 Å². The molecule has 2 aromatic carbocycles. The molecule has 0 saturated carbocycles. The van der Waals surface area contributed by atoms with Gasteiger partial charge in [0.1, 0.15) is 12.4 Å². The van der Waals surface area contributed by atoms with E-state index in [1.165, 1.54) is 0 Å². The van der Waals surface area contributed by atoms with Gasteiger partial charge in [-0.15, -0.1) is 0 Å². The second-order valence-electron chi connectivity index (χ2n) is 7.92. The molecule has 2 amide bonds. The summed E-state index contributed by atoms with van der Waals surface area (Å²) in [7, 11) is 0. The molecular weight excluding hydrogens is 408 g/mol. The van der Waals surface area contributed by atoms with Crippen LogP contribution < -0.4 is 20.9 Å². The molecule has 0 radical (unpaired) electrons. The number of carbonyl (C=O) groups excluding carboxylic acids is 2. The van der Waals surface area contributed by atoms with Crippen molar-refractivity contribution >= 4 is 22.7 Å². The van der Waals surface area contributed by atoms with Gasteiger partial charge in [-0.2, -0.15) is 0 Å². The Morgan fingerprint density at radius 1 is 1.19 bits per heavy atom. The minimum Gasteiger partial charge on any atom is -0.489 e. The maximum Gasteiger partial charge on any atom is 0.251 e. The third-order valence-electron chi connectivity index (χ3n) is 5.63. The smallest absolute Gasteiger partial charge is 0.251 e. The number of aromatic nitrogens is 1. The molecule has 32 heavy (non-hydrogen) atoms. The summed E-state index contributed by atoms with van der Waals surface area (Å²) in [6.45, 7) is 3.06. The minimum absolute atomic E-state index is 0.0946. The van der Waals surface area contributed by atoms with Gasteiger partial charge in [-0.25, -0.2) is 5.48 Å². The number of carbonyl (C=O) groups is 2. The van der Waals surface area contributed by atoms with Crippen LogP contribution in [0.4, 0.5) is 0 Å². The first-order chi connectivity index (χ1) is 15.5. The minimum atomic E-state index is -0.484. The van der Waals surface area contributed by atoms with Gasteiger partial charge in [0, 0.05) is 40.7 Å². The molecule has 8 nitrogen and oxygen atoms in total. The molecule has 4 N–H and O–H groups in total. The standard InChI is InChI=1S/C24H26N4O4/c1-15-12-17(19-4-2-3-5-20(19)26-15)14-32-18-8-6-16(7-9-18)24(30)27-21-10-11-25-22(21)13-23(29)28-31/h2-9,12,21-22,25,31H,10-11,13-14H2,1H3,(H,27,30)(H,28,29)/t21-,22-/m1/s1. The SMILES string of the molecule is Cc1cc(COc2ccc(C(=O)N[C@@H]3CCN[C@@H]3CC(=O)NO)cc2)c2ccccc2n1. The van der Waals surface area contributed by atoms with Gasteiger partial charge in [0.25, 0.3) is 5.91 Å². The number of hydroxylamine groups is 1. The highest BCUT2D eigenvalue weighted by molar-refractivity contribution is 5.94. The summed E-state index contributed by atoms with van der Waals surface area (Å²) in [5.74, 6) is -0.0298. The first-order valence-corrected chi connectivity index (χ1v) is 10.6. The molecule has 8 heteroatoms. The van der Waals surface area contributed by atoms with Crippen molar-refractivity contribution in [3.05, 3.63) is 71.4 Å². The number of ether oxygens (including phenoxy) is 1. The summed E-state index contributed by atoms with van der Waals surface area (Å²) < 4.78 is 5.96. The van der Waals surface area contributed by atoms with Gasteiger partial charge in [0.15, 0.2) is 0 Å². The van der Waals surface area contributed by atoms with E-state index in [2.05, 4.69) is 15.6 Å². The fourth-order valence-corrected chi connectivity index (χ4v) is 4.03. The number of fused-ring (bicyclic) bond motifs is 1. The first kappa shape index (κ1) is 21.7. The Hall–Kier alpha value is -3.49. The maximum atomic E-state index is 12.6. The fourth-order valence-electron chi connectivity index (χ4n) is 4.03. The lowest BCUT2D eigenvalue weighted by molar-refractivity contribution is -0.129. The second-order valence-corrected chi connectivity index (χ2v) is 7.92. The summed E-state index contributed by atoms with van der Waals surface area (Å²) in [5, 5.41) is 15.9. The summed E-state index contributed by atoms with van der Waals surface area (Å²) in [5.41, 5.74) is 5.08. The van der Waals surface area contributed by atoms with E-state index >= 15 is 0 Å². The van der Waals surface area contributed by atoms with E-state index in [0.717, 1.165) is 28.6 Å². The normalized spacial score (nSPS) is 17.8. The van der Waals surface area contributed by atoms with Crippen molar-refractivity contribution in [2.24, 2.45) is 0 Å². The molecule has 166 valence electrons. The summed E-state index contributed by atoms with van der Waals surface area (Å²) in [6, 6.07) is 16.6. The van der Waals surface area contributed by atoms with E-state index < -0.39 is 5.91 Å². The molecule has 0 bridgehead atoms. The molecule has 1 aliphatic rings. The predicted octanol–water partition coefficient (Wildman–Crippen LogP) is 2.48. The molecule has 2 heterocycles. The van der Waals surface area contributed by atoms with E-state index in [9.17, 15) is 9.59 Å². The predicted molar refractivity (Wildman–Crippen MR) is 119 cm³/mol. The summed E-state index contributed by atoms with van der Waals surface area (Å²) in [6.07, 6.45) is 0.813. The van der Waals surface area contributed by atoms with Gasteiger partial charge in [0.2, 0.25) is 5.91 Å². The summed E-state index contributed by atoms with van der Waals surface area (Å²) >= 11 is 0. The quantitative estimate of drug-likeness (QED) is 0.336. The molecule has 0 unspecified atom stereocenters. The first-order valence-electron chi connectivity index (χ1n) is 10.6. The Kier molecular flexibility index (Phi) is 6.63. The van der Waals surface area contributed by atoms with Crippen LogP contribution in [0.5, 0.6) is 5.75 Å². The van der Waals surface area contributed by atoms with Crippen molar-refractivity contribution < 1.29 is 19.5 Å². The maximum absolute atomic E-state index is 12.6. The number of nitrogens with zero attached hydrogens (tertiary/aromatic N) is 1. The highest BCUT2D eigenvalue weighted by Gasteiger charge is 2.30. The van der Waals surface area contributed by atoms with Crippen molar-refractivity contribution in [1.82, 2.24) is 21.1 Å². The number of para-hydroxylation sites is 1. The average Bonchev–Trinajstić information content (AvgIpc) is 3.23. The summed E-state index contributed by atoms with van der Waals surface area (Å²) in [4.78, 5) is 28.6. The molecule has 2 atom stereocenters. The largest absolute Gasteiger partial charge is 0.489 e. The van der Waals surface area contributed by atoms with E-state index in [1.807, 2.05) is 37.3 Å². The fraction of sp³-hybridized carbons (Fsp3) is 0.292. The zero-order valence-corrected chi connectivity index (χ0v) is 17.8. The molecule has 4 rings (SSSR count). The van der Waals surface area contributed by atoms with Gasteiger partial charge < -0.3 is 15.4 Å². The molecule has 1 aromatic heterocycles. The number of nitrogens with one attached hydrogen (secondary N) is 3. The molecule has 1 aliphatic heterocycles. The molecular formula is C24H26N4O4. The number of pyridine rings is 1. The number of amides is 2. The van der Waals surface area contributed by atoms with Crippen LogP contribution in [-0.2, 0) is 11.4 Å². The highest BCUT2D eigenvalue weighted by Crippen LogP contribution is 2.21. The van der Waals surface area contributed by atoms with Crippen molar-refractivity contribution in [1.29, 1.82) is 0 Å². The van der Waals surface area contributed by atoms with Gasteiger partial charge in [-0.3, -0.25) is 19.8 Å². The topological polar surface area (TPSA) is 113 Å². The number of hydrogen-bond acceptors (Lipinski definition) is 6. The Balaban J connectivity index is 1.37. The van der Waals surface area contributed by atoms with Crippen molar-refractivity contribution in [2.45, 2.75) is 38.5 Å². The van der Waals surface area contributed by atoms with Crippen molar-refractivity contribution in [3.8, 4) is 5.75 Å². The third kappa shape index (κ3) is 5.04. The van der Waals surface area contributed by atoms with Crippen LogP contribution in [0.1, 0.15) is 34.5 Å². The van der Waals surface area contributed by atoms with Crippen LogP contribution in [0.15, 0.2) is 54.6 Å².